The van der Waals surface area contributed by atoms with E-state index in [2.05, 4.69) is 74.0 Å². The second-order valence-corrected chi connectivity index (χ2v) is 7.31. The van der Waals surface area contributed by atoms with E-state index in [1.54, 1.807) is 4.90 Å². The van der Waals surface area contributed by atoms with E-state index in [9.17, 15) is 0 Å². The number of likely N-dealkylation sites (N-methyl/N-ethyl adjacent to an activating group) is 1. The Morgan fingerprint density at radius 2 is 1.56 bits per heavy atom. The number of nitrogens with zero attached hydrogens (tertiary/aromatic N) is 1. The van der Waals surface area contributed by atoms with Gasteiger partial charge >= 0.3 is 0 Å². The van der Waals surface area contributed by atoms with Gasteiger partial charge in [0, 0.05) is 5.56 Å². The van der Waals surface area contributed by atoms with Crippen molar-refractivity contribution in [3.05, 3.63) is 65.0 Å². The van der Waals surface area contributed by atoms with Crippen LogP contribution in [0.25, 0.3) is 22.3 Å². The van der Waals surface area contributed by atoms with Crippen molar-refractivity contribution in [2.24, 2.45) is 0 Å². The number of quaternary nitrogens is 1. The molecule has 4 rings (SSSR count). The molecule has 0 radical (unpaired) electrons. The second kappa shape index (κ2) is 6.49. The van der Waals surface area contributed by atoms with Crippen LogP contribution in [0.3, 0.4) is 0 Å². The molecule has 0 atom stereocenters. The van der Waals surface area contributed by atoms with Gasteiger partial charge in [-0.25, -0.2) is 4.58 Å². The van der Waals surface area contributed by atoms with E-state index in [0.29, 0.717) is 0 Å². The molecular formula is C22H26N2O+2. The fourth-order valence-corrected chi connectivity index (χ4v) is 3.53. The van der Waals surface area contributed by atoms with Crippen molar-refractivity contribution in [2.75, 3.05) is 33.2 Å². The number of hydrogen-bond donors (Lipinski definition) is 1. The van der Waals surface area contributed by atoms with Crippen LogP contribution in [-0.4, -0.2) is 33.2 Å². The fraction of sp³-hybridized carbons (Fsp3) is 0.318. The molecule has 0 bridgehead atoms. The van der Waals surface area contributed by atoms with Gasteiger partial charge in [-0.3, -0.25) is 0 Å². The molecule has 1 aliphatic heterocycles. The lowest BCUT2D eigenvalue weighted by Crippen LogP contribution is -3.12. The highest BCUT2D eigenvalue weighted by atomic mass is 16.3. The van der Waals surface area contributed by atoms with E-state index in [4.69, 9.17) is 4.42 Å². The average Bonchev–Trinajstić information content (AvgIpc) is 2.62. The number of aryl methyl sites for hydroxylation is 2. The van der Waals surface area contributed by atoms with Crippen molar-refractivity contribution >= 4 is 11.0 Å². The lowest BCUT2D eigenvalue weighted by atomic mass is 10.1. The van der Waals surface area contributed by atoms with Crippen LogP contribution in [0, 0.1) is 13.8 Å². The number of fused-ring (bicyclic) bond motifs is 1. The summed E-state index contributed by atoms with van der Waals surface area (Å²) in [5.41, 5.74) is 4.63. The maximum absolute atomic E-state index is 6.26. The molecule has 3 heteroatoms. The minimum absolute atomic E-state index is 0.942. The van der Waals surface area contributed by atoms with Gasteiger partial charge in [-0.1, -0.05) is 41.5 Å². The molecule has 25 heavy (non-hydrogen) atoms. The van der Waals surface area contributed by atoms with E-state index >= 15 is 0 Å². The molecule has 128 valence electrons. The summed E-state index contributed by atoms with van der Waals surface area (Å²) in [6.07, 6.45) is 0. The summed E-state index contributed by atoms with van der Waals surface area (Å²) in [4.78, 5) is 1.61. The third-order valence-corrected chi connectivity index (χ3v) is 5.19. The van der Waals surface area contributed by atoms with Gasteiger partial charge in [-0.2, -0.15) is 0 Å². The van der Waals surface area contributed by atoms with E-state index in [0.717, 1.165) is 30.0 Å². The molecular weight excluding hydrogens is 308 g/mol. The van der Waals surface area contributed by atoms with E-state index in [1.807, 2.05) is 0 Å². The summed E-state index contributed by atoms with van der Waals surface area (Å²) in [5, 5.41) is 2.52. The Balaban J connectivity index is 1.97. The average molecular weight is 334 g/mol. The van der Waals surface area contributed by atoms with Gasteiger partial charge in [0.15, 0.2) is 13.1 Å². The molecule has 2 aromatic carbocycles. The Labute approximate surface area is 148 Å². The topological polar surface area (TPSA) is 20.6 Å². The maximum Gasteiger partial charge on any atom is 0.215 e. The number of benzene rings is 2. The van der Waals surface area contributed by atoms with Crippen LogP contribution < -0.4 is 14.8 Å². The van der Waals surface area contributed by atoms with Crippen molar-refractivity contribution in [3.8, 4) is 11.3 Å². The van der Waals surface area contributed by atoms with Crippen LogP contribution in [0.2, 0.25) is 0 Å². The molecule has 1 saturated heterocycles. The van der Waals surface area contributed by atoms with Gasteiger partial charge in [0.05, 0.1) is 18.5 Å². The fourth-order valence-electron chi connectivity index (χ4n) is 3.53. The smallest absolute Gasteiger partial charge is 0.215 e. The molecule has 1 N–H and O–H groups in total. The molecule has 1 aromatic heterocycles. The highest BCUT2D eigenvalue weighted by Gasteiger charge is 2.21. The summed E-state index contributed by atoms with van der Waals surface area (Å²) in [6.45, 7) is 8.80. The zero-order chi connectivity index (χ0) is 17.4. The molecule has 1 aliphatic rings. The minimum Gasteiger partial charge on any atom is -0.456 e. The summed E-state index contributed by atoms with van der Waals surface area (Å²) in [6, 6.07) is 17.3. The Morgan fingerprint density at radius 3 is 2.28 bits per heavy atom. The highest BCUT2D eigenvalue weighted by molar-refractivity contribution is 5.79. The van der Waals surface area contributed by atoms with Gasteiger partial charge in [-0.15, -0.1) is 0 Å². The lowest BCUT2D eigenvalue weighted by Gasteiger charge is -2.18. The Kier molecular flexibility index (Phi) is 4.18. The van der Waals surface area contributed by atoms with Crippen molar-refractivity contribution < 1.29 is 9.32 Å². The summed E-state index contributed by atoms with van der Waals surface area (Å²) in [5.74, 6) is 0.942. The summed E-state index contributed by atoms with van der Waals surface area (Å²) in [7, 11) is 2.28. The highest BCUT2D eigenvalue weighted by Crippen LogP contribution is 2.23. The Bertz CT molecular complexity index is 973. The van der Waals surface area contributed by atoms with Crippen molar-refractivity contribution in [2.45, 2.75) is 13.8 Å². The zero-order valence-corrected chi connectivity index (χ0v) is 15.3. The van der Waals surface area contributed by atoms with Crippen LogP contribution in [0.5, 0.6) is 0 Å². The quantitative estimate of drug-likeness (QED) is 0.675. The molecule has 1 fully saturated rings. The molecule has 3 nitrogen and oxygen atoms in total. The molecule has 0 spiro atoms. The van der Waals surface area contributed by atoms with Crippen LogP contribution in [0.1, 0.15) is 11.1 Å². The number of piperazine rings is 1. The van der Waals surface area contributed by atoms with Crippen LogP contribution in [0.4, 0.5) is 0 Å². The van der Waals surface area contributed by atoms with Crippen molar-refractivity contribution in [1.82, 2.24) is 4.58 Å². The van der Waals surface area contributed by atoms with E-state index < -0.39 is 0 Å². The normalized spacial score (nSPS) is 17.9. The van der Waals surface area contributed by atoms with Crippen LogP contribution in [-0.2, 0) is 0 Å². The number of hydrogen-bond acceptors (Lipinski definition) is 1. The molecule has 0 aliphatic carbocycles. The van der Waals surface area contributed by atoms with Crippen LogP contribution in [0.15, 0.2) is 52.9 Å². The molecule has 2 heterocycles. The summed E-state index contributed by atoms with van der Waals surface area (Å²) < 4.78 is 8.78. The molecule has 0 saturated carbocycles. The van der Waals surface area contributed by atoms with Crippen molar-refractivity contribution in [3.63, 3.8) is 0 Å². The number of rotatable bonds is 1. The van der Waals surface area contributed by atoms with Crippen LogP contribution >= 0.6 is 0 Å². The van der Waals surface area contributed by atoms with Gasteiger partial charge in [-0.05, 0) is 26.0 Å². The standard InChI is InChI=1S/C22H25N2O/c1-16-4-7-18(8-5-16)22-15-20(24-12-10-23(3)11-13-24)19-14-17(2)6-9-21(19)25-22/h4-9,14-15H,10-13H2,1-3H3/q+1/p+1. The zero-order valence-electron chi connectivity index (χ0n) is 15.3. The third-order valence-electron chi connectivity index (χ3n) is 5.19. The molecule has 0 unspecified atom stereocenters. The monoisotopic (exact) mass is 334 g/mol. The largest absolute Gasteiger partial charge is 0.456 e. The lowest BCUT2D eigenvalue weighted by molar-refractivity contribution is -0.882. The second-order valence-electron chi connectivity index (χ2n) is 7.31. The predicted octanol–water partition coefficient (Wildman–Crippen LogP) is 2.02. The first-order valence-electron chi connectivity index (χ1n) is 9.11. The van der Waals surface area contributed by atoms with Gasteiger partial charge < -0.3 is 9.32 Å². The third kappa shape index (κ3) is 3.24. The van der Waals surface area contributed by atoms with Gasteiger partial charge in [0.2, 0.25) is 5.36 Å². The Morgan fingerprint density at radius 1 is 0.880 bits per heavy atom. The number of nitrogens with one attached hydrogen (secondary N) is 1. The van der Waals surface area contributed by atoms with E-state index in [-0.39, 0.29) is 0 Å². The first-order chi connectivity index (χ1) is 12.1. The Hall–Kier alpha value is -2.39. The van der Waals surface area contributed by atoms with Crippen molar-refractivity contribution in [1.29, 1.82) is 0 Å². The molecule has 3 aromatic rings. The summed E-state index contributed by atoms with van der Waals surface area (Å²) >= 11 is 0. The van der Waals surface area contributed by atoms with Gasteiger partial charge in [0.25, 0.3) is 0 Å². The molecule has 0 amide bonds. The first-order valence-corrected chi connectivity index (χ1v) is 9.11. The van der Waals surface area contributed by atoms with E-state index in [1.165, 1.54) is 35.0 Å². The maximum atomic E-state index is 6.26. The minimum atomic E-state index is 0.942. The predicted molar refractivity (Wildman–Crippen MR) is 103 cm³/mol. The SMILES string of the molecule is Cc1ccc(-c2cc(=[N+]3CC[NH+](C)CC3)c3cc(C)ccc3o2)cc1. The van der Waals surface area contributed by atoms with Gasteiger partial charge in [0.1, 0.15) is 24.4 Å². The first kappa shape index (κ1) is 16.1.